The zero-order chi connectivity index (χ0) is 19.8. The minimum Gasteiger partial charge on any atom is -0.356 e. The molecule has 1 amide bonds. The first-order chi connectivity index (χ1) is 14.2. The minimum atomic E-state index is -0.00456. The first kappa shape index (κ1) is 18.5. The van der Waals surface area contributed by atoms with Crippen molar-refractivity contribution < 1.29 is 9.59 Å². The third kappa shape index (κ3) is 3.60. The zero-order valence-electron chi connectivity index (χ0n) is 16.3. The number of aromatic nitrogens is 2. The number of nitrogens with one attached hydrogen (secondary N) is 1. The van der Waals surface area contributed by atoms with E-state index in [1.165, 1.54) is 4.70 Å². The molecule has 0 spiro atoms. The molecule has 2 aliphatic rings. The molecule has 0 saturated carbocycles. The highest BCUT2D eigenvalue weighted by atomic mass is 32.1. The van der Waals surface area contributed by atoms with Crippen molar-refractivity contribution in [1.29, 1.82) is 0 Å². The van der Waals surface area contributed by atoms with Crippen molar-refractivity contribution in [2.75, 3.05) is 26.2 Å². The number of likely N-dealkylation sites (tertiary alicyclic amines) is 2. The summed E-state index contributed by atoms with van der Waals surface area (Å²) in [6.07, 6.45) is 5.88. The van der Waals surface area contributed by atoms with E-state index < -0.39 is 0 Å². The van der Waals surface area contributed by atoms with Gasteiger partial charge in [-0.25, -0.2) is 4.98 Å². The molecule has 0 radical (unpaired) electrons. The van der Waals surface area contributed by atoms with Gasteiger partial charge in [-0.15, -0.1) is 11.3 Å². The molecule has 2 fully saturated rings. The fourth-order valence-corrected chi connectivity index (χ4v) is 5.51. The molecule has 2 aromatic heterocycles. The fourth-order valence-electron chi connectivity index (χ4n) is 4.37. The maximum Gasteiger partial charge on any atom is 0.270 e. The summed E-state index contributed by atoms with van der Waals surface area (Å²) in [5.74, 6) is 0.0461. The van der Waals surface area contributed by atoms with Crippen LogP contribution in [-0.4, -0.2) is 57.6 Å². The number of carbonyl (C=O) groups is 2. The van der Waals surface area contributed by atoms with Gasteiger partial charge in [0.15, 0.2) is 5.78 Å². The second-order valence-electron chi connectivity index (χ2n) is 7.87. The van der Waals surface area contributed by atoms with Crippen LogP contribution in [0, 0.1) is 0 Å². The number of H-pyrrole nitrogens is 1. The Kier molecular flexibility index (Phi) is 4.93. The Balaban J connectivity index is 1.29. The Labute approximate surface area is 173 Å². The quantitative estimate of drug-likeness (QED) is 0.651. The lowest BCUT2D eigenvalue weighted by Gasteiger charge is -2.21. The predicted molar refractivity (Wildman–Crippen MR) is 113 cm³/mol. The largest absolute Gasteiger partial charge is 0.356 e. The number of aromatic amines is 1. The van der Waals surface area contributed by atoms with Gasteiger partial charge in [0, 0.05) is 24.8 Å². The number of amides is 1. The number of thiazole rings is 1. The summed E-state index contributed by atoms with van der Waals surface area (Å²) < 4.78 is 1.19. The molecule has 150 valence electrons. The number of ketones is 1. The fraction of sp³-hybridized carbons (Fsp3) is 0.409. The van der Waals surface area contributed by atoms with Crippen LogP contribution in [0.2, 0.25) is 0 Å². The van der Waals surface area contributed by atoms with Crippen molar-refractivity contribution in [2.45, 2.75) is 31.7 Å². The molecule has 5 rings (SSSR count). The van der Waals surface area contributed by atoms with Gasteiger partial charge in [0.05, 0.1) is 22.8 Å². The van der Waals surface area contributed by atoms with Gasteiger partial charge in [0.1, 0.15) is 10.7 Å². The molecule has 1 aromatic carbocycles. The highest BCUT2D eigenvalue weighted by Crippen LogP contribution is 2.36. The number of hydrogen-bond donors (Lipinski definition) is 1. The molecule has 0 aliphatic carbocycles. The van der Waals surface area contributed by atoms with E-state index in [2.05, 4.69) is 16.0 Å². The van der Waals surface area contributed by atoms with E-state index in [9.17, 15) is 9.59 Å². The van der Waals surface area contributed by atoms with E-state index in [1.807, 2.05) is 23.1 Å². The average Bonchev–Trinajstić information content (AvgIpc) is 3.53. The number of para-hydroxylation sites is 1. The van der Waals surface area contributed by atoms with Crippen LogP contribution < -0.4 is 0 Å². The van der Waals surface area contributed by atoms with E-state index in [0.717, 1.165) is 55.8 Å². The highest BCUT2D eigenvalue weighted by Gasteiger charge is 2.31. The van der Waals surface area contributed by atoms with Gasteiger partial charge in [-0.3, -0.25) is 14.5 Å². The molecular formula is C22H24N4O2S. The van der Waals surface area contributed by atoms with Gasteiger partial charge in [-0.2, -0.15) is 0 Å². The van der Waals surface area contributed by atoms with Gasteiger partial charge in [-0.1, -0.05) is 12.1 Å². The number of fused-ring (bicyclic) bond motifs is 1. The number of rotatable bonds is 5. The van der Waals surface area contributed by atoms with Crippen molar-refractivity contribution in [2.24, 2.45) is 0 Å². The summed E-state index contributed by atoms with van der Waals surface area (Å²) in [6.45, 7) is 2.86. The molecule has 0 bridgehead atoms. The minimum absolute atomic E-state index is 0.00456. The monoisotopic (exact) mass is 408 g/mol. The summed E-state index contributed by atoms with van der Waals surface area (Å²) in [6, 6.07) is 10.1. The van der Waals surface area contributed by atoms with Crippen LogP contribution in [0.1, 0.15) is 57.6 Å². The molecule has 2 saturated heterocycles. The molecule has 7 heteroatoms. The Morgan fingerprint density at radius 1 is 1.14 bits per heavy atom. The van der Waals surface area contributed by atoms with Crippen LogP contribution in [-0.2, 0) is 0 Å². The van der Waals surface area contributed by atoms with Crippen molar-refractivity contribution >= 4 is 33.2 Å². The predicted octanol–water partition coefficient (Wildman–Crippen LogP) is 3.88. The molecule has 29 heavy (non-hydrogen) atoms. The van der Waals surface area contributed by atoms with Crippen LogP contribution in [0.3, 0.4) is 0 Å². The van der Waals surface area contributed by atoms with Gasteiger partial charge < -0.3 is 9.88 Å². The number of benzene rings is 1. The molecule has 4 heterocycles. The van der Waals surface area contributed by atoms with Crippen molar-refractivity contribution in [3.05, 3.63) is 52.8 Å². The number of hydrogen-bond acceptors (Lipinski definition) is 5. The SMILES string of the molecule is O=C(CN1CCC[C@@H]1c1nc2ccccc2s1)c1c[nH]c(C(=O)N2CCCC2)c1. The van der Waals surface area contributed by atoms with E-state index in [1.54, 1.807) is 23.6 Å². The van der Waals surface area contributed by atoms with Crippen LogP contribution in [0.15, 0.2) is 36.5 Å². The van der Waals surface area contributed by atoms with Crippen molar-refractivity contribution in [3.63, 3.8) is 0 Å². The summed E-state index contributed by atoms with van der Waals surface area (Å²) >= 11 is 1.72. The number of carbonyl (C=O) groups excluding carboxylic acids is 2. The number of Topliss-reactive ketones (excluding diaryl/α,β-unsaturated/α-hetero) is 1. The summed E-state index contributed by atoms with van der Waals surface area (Å²) in [5, 5.41) is 1.09. The maximum absolute atomic E-state index is 12.9. The third-order valence-corrected chi connectivity index (χ3v) is 7.07. The molecule has 3 aromatic rings. The van der Waals surface area contributed by atoms with Gasteiger partial charge >= 0.3 is 0 Å². The standard InChI is InChI=1S/C22H24N4O2S/c27-19(15-12-17(23-13-15)22(28)25-9-3-4-10-25)14-26-11-5-7-18(26)21-24-16-6-1-2-8-20(16)29-21/h1-2,6,8,12-13,18,23H,3-5,7,9-11,14H2/t18-/m1/s1. The lowest BCUT2D eigenvalue weighted by atomic mass is 10.1. The van der Waals surface area contributed by atoms with E-state index in [-0.39, 0.29) is 17.7 Å². The molecule has 2 aliphatic heterocycles. The van der Waals surface area contributed by atoms with Gasteiger partial charge in [0.25, 0.3) is 5.91 Å². The lowest BCUT2D eigenvalue weighted by Crippen LogP contribution is -2.29. The van der Waals surface area contributed by atoms with E-state index in [0.29, 0.717) is 17.8 Å². The second-order valence-corrected chi connectivity index (χ2v) is 8.94. The normalized spacial score (nSPS) is 20.0. The van der Waals surface area contributed by atoms with Crippen LogP contribution in [0.5, 0.6) is 0 Å². The van der Waals surface area contributed by atoms with Crippen molar-refractivity contribution in [1.82, 2.24) is 19.8 Å². The Morgan fingerprint density at radius 2 is 1.97 bits per heavy atom. The van der Waals surface area contributed by atoms with Crippen LogP contribution >= 0.6 is 11.3 Å². The maximum atomic E-state index is 12.9. The van der Waals surface area contributed by atoms with Gasteiger partial charge in [-0.05, 0) is 50.4 Å². The average molecular weight is 409 g/mol. The second kappa shape index (κ2) is 7.72. The van der Waals surface area contributed by atoms with Crippen LogP contribution in [0.25, 0.3) is 10.2 Å². The van der Waals surface area contributed by atoms with Gasteiger partial charge in [0.2, 0.25) is 0 Å². The summed E-state index contributed by atoms with van der Waals surface area (Å²) in [4.78, 5) is 37.3. The van der Waals surface area contributed by atoms with E-state index >= 15 is 0 Å². The Hall–Kier alpha value is -2.51. The summed E-state index contributed by atoms with van der Waals surface area (Å²) in [7, 11) is 0. The molecule has 6 nitrogen and oxygen atoms in total. The smallest absolute Gasteiger partial charge is 0.270 e. The molecule has 0 unspecified atom stereocenters. The third-order valence-electron chi connectivity index (χ3n) is 5.93. The topological polar surface area (TPSA) is 69.3 Å². The number of nitrogens with zero attached hydrogens (tertiary/aromatic N) is 3. The first-order valence-corrected chi connectivity index (χ1v) is 11.1. The zero-order valence-corrected chi connectivity index (χ0v) is 17.1. The Morgan fingerprint density at radius 3 is 2.79 bits per heavy atom. The molecule has 1 N–H and O–H groups in total. The summed E-state index contributed by atoms with van der Waals surface area (Å²) in [5.41, 5.74) is 2.13. The van der Waals surface area contributed by atoms with E-state index in [4.69, 9.17) is 4.98 Å². The lowest BCUT2D eigenvalue weighted by molar-refractivity contribution is 0.0787. The van der Waals surface area contributed by atoms with Crippen LogP contribution in [0.4, 0.5) is 0 Å². The van der Waals surface area contributed by atoms with Crippen molar-refractivity contribution in [3.8, 4) is 0 Å². The molecular weight excluding hydrogens is 384 g/mol. The molecule has 1 atom stereocenters. The Bertz CT molecular complexity index is 1020. The highest BCUT2D eigenvalue weighted by molar-refractivity contribution is 7.18. The first-order valence-electron chi connectivity index (χ1n) is 10.3.